The maximum Gasteiger partial charge on any atom is 0.269 e. The summed E-state index contributed by atoms with van der Waals surface area (Å²) in [6.07, 6.45) is 5.28. The van der Waals surface area contributed by atoms with Gasteiger partial charge in [0.15, 0.2) is 0 Å². The maximum absolute atomic E-state index is 13.3. The normalized spacial score (nSPS) is 14.9. The predicted molar refractivity (Wildman–Crippen MR) is 131 cm³/mol. The lowest BCUT2D eigenvalue weighted by molar-refractivity contribution is -0.384. The summed E-state index contributed by atoms with van der Waals surface area (Å²) in [7, 11) is 0. The van der Waals surface area contributed by atoms with Crippen LogP contribution in [-0.2, 0) is 21.9 Å². The first-order valence-corrected chi connectivity index (χ1v) is 12.6. The zero-order valence-corrected chi connectivity index (χ0v) is 20.1. The standard InChI is InChI=1S/C25H30FN3O4S/c1-18(25(31)27-22-5-3-2-4-6-22)28(15-19-7-11-21(26)12-8-19)24(30)17-34-16-20-9-13-23(14-10-20)29(32)33/h7-14,18,22H,2-6,15-17H2,1H3,(H,27,31). The van der Waals surface area contributed by atoms with Gasteiger partial charge in [0.25, 0.3) is 5.69 Å². The van der Waals surface area contributed by atoms with Crippen LogP contribution in [0.15, 0.2) is 48.5 Å². The Morgan fingerprint density at radius 2 is 1.71 bits per heavy atom. The van der Waals surface area contributed by atoms with Crippen molar-refractivity contribution in [3.63, 3.8) is 0 Å². The van der Waals surface area contributed by atoms with Crippen molar-refractivity contribution < 1.29 is 18.9 Å². The largest absolute Gasteiger partial charge is 0.352 e. The van der Waals surface area contributed by atoms with Gasteiger partial charge in [0, 0.05) is 30.5 Å². The zero-order valence-electron chi connectivity index (χ0n) is 19.2. The molecule has 3 rings (SSSR count). The Hall–Kier alpha value is -2.94. The van der Waals surface area contributed by atoms with Gasteiger partial charge < -0.3 is 10.2 Å². The molecule has 0 saturated heterocycles. The van der Waals surface area contributed by atoms with Gasteiger partial charge in [-0.1, -0.05) is 43.5 Å². The number of halogens is 1. The maximum atomic E-state index is 13.3. The minimum Gasteiger partial charge on any atom is -0.352 e. The molecule has 0 radical (unpaired) electrons. The number of benzene rings is 2. The summed E-state index contributed by atoms with van der Waals surface area (Å²) in [5.41, 5.74) is 1.64. The number of nitrogens with one attached hydrogen (secondary N) is 1. The molecule has 0 aromatic heterocycles. The molecule has 2 aromatic carbocycles. The van der Waals surface area contributed by atoms with Crippen LogP contribution >= 0.6 is 11.8 Å². The van der Waals surface area contributed by atoms with Gasteiger partial charge in [-0.3, -0.25) is 19.7 Å². The highest BCUT2D eigenvalue weighted by Crippen LogP contribution is 2.20. The van der Waals surface area contributed by atoms with Gasteiger partial charge in [-0.25, -0.2) is 4.39 Å². The highest BCUT2D eigenvalue weighted by Gasteiger charge is 2.28. The van der Waals surface area contributed by atoms with E-state index in [4.69, 9.17) is 0 Å². The number of hydrogen-bond donors (Lipinski definition) is 1. The van der Waals surface area contributed by atoms with Crippen molar-refractivity contribution >= 4 is 29.3 Å². The van der Waals surface area contributed by atoms with E-state index >= 15 is 0 Å². The van der Waals surface area contributed by atoms with Gasteiger partial charge in [0.05, 0.1) is 10.7 Å². The predicted octanol–water partition coefficient (Wildman–Crippen LogP) is 4.83. The van der Waals surface area contributed by atoms with Crippen LogP contribution in [0.5, 0.6) is 0 Å². The molecule has 2 aromatic rings. The van der Waals surface area contributed by atoms with Crippen molar-refractivity contribution in [1.29, 1.82) is 0 Å². The summed E-state index contributed by atoms with van der Waals surface area (Å²) in [6, 6.07) is 11.6. The fraction of sp³-hybridized carbons (Fsp3) is 0.440. The number of rotatable bonds is 10. The van der Waals surface area contributed by atoms with E-state index in [-0.39, 0.29) is 41.7 Å². The van der Waals surface area contributed by atoms with Crippen LogP contribution in [-0.4, -0.2) is 39.5 Å². The smallest absolute Gasteiger partial charge is 0.269 e. The van der Waals surface area contributed by atoms with Gasteiger partial charge in [0.1, 0.15) is 11.9 Å². The molecular weight excluding hydrogens is 457 g/mol. The third kappa shape index (κ3) is 7.55. The molecule has 1 N–H and O–H groups in total. The van der Waals surface area contributed by atoms with Crippen molar-refractivity contribution in [3.05, 3.63) is 75.6 Å². The van der Waals surface area contributed by atoms with Crippen LogP contribution in [0.2, 0.25) is 0 Å². The molecule has 0 heterocycles. The summed E-state index contributed by atoms with van der Waals surface area (Å²) in [5.74, 6) is -0.0654. The Kier molecular flexibility index (Phi) is 9.44. The molecule has 1 unspecified atom stereocenters. The zero-order chi connectivity index (χ0) is 24.5. The Bertz CT molecular complexity index is 979. The second-order valence-corrected chi connectivity index (χ2v) is 9.57. The summed E-state index contributed by atoms with van der Waals surface area (Å²) in [6.45, 7) is 1.93. The van der Waals surface area contributed by atoms with Crippen LogP contribution < -0.4 is 5.32 Å². The Labute approximate surface area is 203 Å². The molecule has 7 nitrogen and oxygen atoms in total. The van der Waals surface area contributed by atoms with E-state index < -0.39 is 11.0 Å². The van der Waals surface area contributed by atoms with Crippen molar-refractivity contribution in [1.82, 2.24) is 10.2 Å². The topological polar surface area (TPSA) is 92.6 Å². The molecule has 2 amide bonds. The first-order valence-electron chi connectivity index (χ1n) is 11.5. The molecule has 9 heteroatoms. The van der Waals surface area contributed by atoms with Gasteiger partial charge in [0.2, 0.25) is 11.8 Å². The summed E-state index contributed by atoms with van der Waals surface area (Å²) in [4.78, 5) is 38.0. The van der Waals surface area contributed by atoms with Crippen molar-refractivity contribution in [2.75, 3.05) is 5.75 Å². The minimum atomic E-state index is -0.667. The van der Waals surface area contributed by atoms with Gasteiger partial charge in [-0.2, -0.15) is 0 Å². The van der Waals surface area contributed by atoms with Crippen LogP contribution in [0.4, 0.5) is 10.1 Å². The molecule has 1 fully saturated rings. The monoisotopic (exact) mass is 487 g/mol. The van der Waals surface area contributed by atoms with E-state index in [1.807, 2.05) is 0 Å². The summed E-state index contributed by atoms with van der Waals surface area (Å²) in [5, 5.41) is 13.9. The molecular formula is C25H30FN3O4S. The lowest BCUT2D eigenvalue weighted by Gasteiger charge is -2.31. The van der Waals surface area contributed by atoms with Crippen molar-refractivity contribution in [2.24, 2.45) is 0 Å². The van der Waals surface area contributed by atoms with Gasteiger partial charge in [-0.05, 0) is 43.0 Å². The van der Waals surface area contributed by atoms with Gasteiger partial charge >= 0.3 is 0 Å². The lowest BCUT2D eigenvalue weighted by Crippen LogP contribution is -2.50. The fourth-order valence-corrected chi connectivity index (χ4v) is 4.86. The number of non-ortho nitro benzene ring substituents is 1. The average Bonchev–Trinajstić information content (AvgIpc) is 2.84. The highest BCUT2D eigenvalue weighted by molar-refractivity contribution is 7.99. The molecule has 0 aliphatic heterocycles. The second kappa shape index (κ2) is 12.5. The minimum absolute atomic E-state index is 0.0214. The van der Waals surface area contributed by atoms with E-state index in [0.29, 0.717) is 5.75 Å². The third-order valence-electron chi connectivity index (χ3n) is 6.03. The quantitative estimate of drug-likeness (QED) is 0.383. The average molecular weight is 488 g/mol. The third-order valence-corrected chi connectivity index (χ3v) is 7.01. The van der Waals surface area contributed by atoms with Crippen LogP contribution in [0.3, 0.4) is 0 Å². The lowest BCUT2D eigenvalue weighted by atomic mass is 9.95. The molecule has 34 heavy (non-hydrogen) atoms. The SMILES string of the molecule is CC(C(=O)NC1CCCCC1)N(Cc1ccc(F)cc1)C(=O)CSCc1ccc([N+](=O)[O-])cc1. The number of nitro benzene ring substituents is 1. The number of amides is 2. The molecule has 0 spiro atoms. The van der Waals surface area contributed by atoms with Crippen molar-refractivity contribution in [2.45, 2.75) is 63.4 Å². The Balaban J connectivity index is 1.63. The van der Waals surface area contributed by atoms with E-state index in [1.165, 1.54) is 47.3 Å². The highest BCUT2D eigenvalue weighted by atomic mass is 32.2. The molecule has 0 bridgehead atoms. The number of nitro groups is 1. The first kappa shape index (κ1) is 25.7. The molecule has 182 valence electrons. The molecule has 1 aliphatic carbocycles. The fourth-order valence-electron chi connectivity index (χ4n) is 3.99. The van der Waals surface area contributed by atoms with E-state index in [9.17, 15) is 24.1 Å². The Morgan fingerprint density at radius 3 is 2.32 bits per heavy atom. The second-order valence-electron chi connectivity index (χ2n) is 8.58. The first-order chi connectivity index (χ1) is 16.3. The molecule has 1 aliphatic rings. The number of thioether (sulfide) groups is 1. The van der Waals surface area contributed by atoms with E-state index in [0.717, 1.165) is 36.8 Å². The number of nitrogens with zero attached hydrogens (tertiary/aromatic N) is 2. The Morgan fingerprint density at radius 1 is 1.09 bits per heavy atom. The van der Waals surface area contributed by atoms with Crippen molar-refractivity contribution in [3.8, 4) is 0 Å². The van der Waals surface area contributed by atoms with Crippen LogP contribution in [0.1, 0.15) is 50.2 Å². The molecule has 1 saturated carbocycles. The van der Waals surface area contributed by atoms with Crippen LogP contribution in [0.25, 0.3) is 0 Å². The number of hydrogen-bond acceptors (Lipinski definition) is 5. The number of carbonyl (C=O) groups excluding carboxylic acids is 2. The molecule has 1 atom stereocenters. The van der Waals surface area contributed by atoms with Crippen LogP contribution in [0, 0.1) is 15.9 Å². The number of carbonyl (C=O) groups is 2. The summed E-state index contributed by atoms with van der Waals surface area (Å²) < 4.78 is 13.3. The van der Waals surface area contributed by atoms with Gasteiger partial charge in [-0.15, -0.1) is 11.8 Å². The van der Waals surface area contributed by atoms with E-state index in [2.05, 4.69) is 5.32 Å². The summed E-state index contributed by atoms with van der Waals surface area (Å²) >= 11 is 1.38. The van der Waals surface area contributed by atoms with E-state index in [1.54, 1.807) is 31.2 Å².